The van der Waals surface area contributed by atoms with Crippen LogP contribution in [0, 0.1) is 27.7 Å². The van der Waals surface area contributed by atoms with E-state index < -0.39 is 5.91 Å². The number of aryl methyl sites for hydroxylation is 4. The van der Waals surface area contributed by atoms with Crippen molar-refractivity contribution in [3.05, 3.63) is 49.9 Å². The van der Waals surface area contributed by atoms with E-state index in [9.17, 15) is 14.7 Å². The minimum atomic E-state index is -0.573. The lowest BCUT2D eigenvalue weighted by molar-refractivity contribution is -0.117. The number of aromatic amines is 2. The number of azo groups is 1. The van der Waals surface area contributed by atoms with Crippen LogP contribution in [-0.4, -0.2) is 26.0 Å². The lowest BCUT2D eigenvalue weighted by atomic mass is 10.1. The first-order chi connectivity index (χ1) is 13.7. The van der Waals surface area contributed by atoms with E-state index in [-0.39, 0.29) is 29.4 Å². The molecule has 3 heterocycles. The molecule has 0 aliphatic carbocycles. The topological polar surface area (TPSA) is 124 Å². The van der Waals surface area contributed by atoms with E-state index in [0.717, 1.165) is 27.1 Å². The molecule has 29 heavy (non-hydrogen) atoms. The average molecular weight is 409 g/mol. The van der Waals surface area contributed by atoms with E-state index in [1.807, 2.05) is 39.8 Å². The Bertz CT molecular complexity index is 1380. The monoisotopic (exact) mass is 409 g/mol. The van der Waals surface area contributed by atoms with Crippen molar-refractivity contribution in [3.8, 4) is 5.88 Å². The molecule has 0 atom stereocenters. The highest BCUT2D eigenvalue weighted by molar-refractivity contribution is 7.18. The maximum absolute atomic E-state index is 12.3. The van der Waals surface area contributed by atoms with Gasteiger partial charge in [0.15, 0.2) is 5.69 Å². The Hall–Kier alpha value is -3.33. The zero-order chi connectivity index (χ0) is 20.9. The number of nitrogens with one attached hydrogen (secondary N) is 2. The molecule has 0 bridgehead atoms. The predicted molar refractivity (Wildman–Crippen MR) is 112 cm³/mol. The molecule has 0 aliphatic heterocycles. The van der Waals surface area contributed by atoms with E-state index in [1.165, 1.54) is 11.3 Å². The number of carbonyl (C=O) groups is 1. The molecule has 4 aromatic rings. The maximum Gasteiger partial charge on any atom is 0.272 e. The molecule has 0 unspecified atom stereocenters. The van der Waals surface area contributed by atoms with Gasteiger partial charge in [0.1, 0.15) is 10.7 Å². The first-order valence-electron chi connectivity index (χ1n) is 9.00. The summed E-state index contributed by atoms with van der Waals surface area (Å²) in [6, 6.07) is 3.85. The highest BCUT2D eigenvalue weighted by atomic mass is 32.1. The van der Waals surface area contributed by atoms with Crippen molar-refractivity contribution >= 4 is 44.1 Å². The van der Waals surface area contributed by atoms with E-state index in [0.29, 0.717) is 15.6 Å². The molecule has 1 amide bonds. The Morgan fingerprint density at radius 2 is 1.97 bits per heavy atom. The molecule has 4 rings (SSSR count). The second-order valence-corrected chi connectivity index (χ2v) is 8.28. The quantitative estimate of drug-likeness (QED) is 0.437. The number of benzene rings is 1. The largest absolute Gasteiger partial charge is 0.493 e. The van der Waals surface area contributed by atoms with Crippen LogP contribution in [0.2, 0.25) is 0 Å². The summed E-state index contributed by atoms with van der Waals surface area (Å²) in [7, 11) is 0. The van der Waals surface area contributed by atoms with Crippen molar-refractivity contribution < 1.29 is 9.90 Å². The molecule has 1 aromatic carbocycles. The number of aromatic hydroxyl groups is 1. The van der Waals surface area contributed by atoms with Gasteiger partial charge in [-0.15, -0.1) is 21.6 Å². The van der Waals surface area contributed by atoms with Gasteiger partial charge >= 0.3 is 0 Å². The molecule has 0 aliphatic rings. The highest BCUT2D eigenvalue weighted by Crippen LogP contribution is 2.37. The fourth-order valence-electron chi connectivity index (χ4n) is 3.39. The van der Waals surface area contributed by atoms with E-state index >= 15 is 0 Å². The van der Waals surface area contributed by atoms with Gasteiger partial charge in [-0.3, -0.25) is 9.59 Å². The molecular formula is C20H19N5O3S. The Labute approximate surface area is 169 Å². The van der Waals surface area contributed by atoms with Gasteiger partial charge in [0.05, 0.1) is 17.3 Å². The SMILES string of the molecule is Cc1cc(C)c2[nH]c(O)c(N=NC(=O)Cc3nc4sc(C)c(C)c4c(=O)[nH]3)c2c1. The van der Waals surface area contributed by atoms with Crippen molar-refractivity contribution in [2.45, 2.75) is 34.1 Å². The van der Waals surface area contributed by atoms with Crippen LogP contribution < -0.4 is 5.56 Å². The molecule has 148 valence electrons. The molecule has 0 spiro atoms. The number of thiophene rings is 1. The van der Waals surface area contributed by atoms with Gasteiger partial charge in [-0.25, -0.2) is 4.98 Å². The van der Waals surface area contributed by atoms with Gasteiger partial charge < -0.3 is 15.1 Å². The van der Waals surface area contributed by atoms with Crippen molar-refractivity contribution in [1.82, 2.24) is 15.0 Å². The maximum atomic E-state index is 12.3. The van der Waals surface area contributed by atoms with Gasteiger partial charge in [0, 0.05) is 10.3 Å². The lowest BCUT2D eigenvalue weighted by Gasteiger charge is -1.99. The summed E-state index contributed by atoms with van der Waals surface area (Å²) in [5, 5.41) is 19.1. The number of hydrogen-bond acceptors (Lipinski definition) is 6. The average Bonchev–Trinajstić information content (AvgIpc) is 3.09. The Morgan fingerprint density at radius 3 is 2.72 bits per heavy atom. The zero-order valence-electron chi connectivity index (χ0n) is 16.4. The van der Waals surface area contributed by atoms with Crippen LogP contribution in [-0.2, 0) is 11.2 Å². The standard InChI is InChI=1S/C20H19N5O3S/c1-8-5-9(2)16-12(6-8)17(19(28)23-16)25-24-14(26)7-13-21-18(27)15-10(3)11(4)29-20(15)22-13/h5-6,23,28H,7H2,1-4H3,(H,21,22,27). The molecule has 0 fully saturated rings. The van der Waals surface area contributed by atoms with Crippen LogP contribution in [0.3, 0.4) is 0 Å². The van der Waals surface area contributed by atoms with Crippen LogP contribution >= 0.6 is 11.3 Å². The molecular weight excluding hydrogens is 390 g/mol. The van der Waals surface area contributed by atoms with Crippen molar-refractivity contribution in [1.29, 1.82) is 0 Å². The first-order valence-corrected chi connectivity index (χ1v) is 9.81. The number of aromatic nitrogens is 3. The highest BCUT2D eigenvalue weighted by Gasteiger charge is 2.15. The third kappa shape index (κ3) is 3.33. The number of hydrogen-bond donors (Lipinski definition) is 3. The van der Waals surface area contributed by atoms with E-state index in [4.69, 9.17) is 0 Å². The third-order valence-electron chi connectivity index (χ3n) is 4.87. The smallest absolute Gasteiger partial charge is 0.272 e. The zero-order valence-corrected chi connectivity index (χ0v) is 17.2. The normalized spacial score (nSPS) is 11.9. The second-order valence-electron chi connectivity index (χ2n) is 7.07. The molecule has 9 heteroatoms. The predicted octanol–water partition coefficient (Wildman–Crippen LogP) is 4.26. The molecule has 3 aromatic heterocycles. The summed E-state index contributed by atoms with van der Waals surface area (Å²) in [6.07, 6.45) is -0.189. The molecule has 0 radical (unpaired) electrons. The van der Waals surface area contributed by atoms with Gasteiger partial charge in [0.25, 0.3) is 11.5 Å². The first kappa shape index (κ1) is 19.0. The van der Waals surface area contributed by atoms with Crippen molar-refractivity contribution in [2.75, 3.05) is 0 Å². The summed E-state index contributed by atoms with van der Waals surface area (Å²) in [4.78, 5) is 36.1. The van der Waals surface area contributed by atoms with Crippen molar-refractivity contribution in [3.63, 3.8) is 0 Å². The lowest BCUT2D eigenvalue weighted by Crippen LogP contribution is -2.13. The fraction of sp³-hybridized carbons (Fsp3) is 0.250. The molecule has 0 saturated carbocycles. The van der Waals surface area contributed by atoms with Crippen LogP contribution in [0.1, 0.15) is 27.4 Å². The number of fused-ring (bicyclic) bond motifs is 2. The van der Waals surface area contributed by atoms with Gasteiger partial charge in [-0.1, -0.05) is 11.6 Å². The van der Waals surface area contributed by atoms with Crippen LogP contribution in [0.25, 0.3) is 21.1 Å². The summed E-state index contributed by atoms with van der Waals surface area (Å²) < 4.78 is 0. The number of carbonyl (C=O) groups excluding carboxylic acids is 1. The Balaban J connectivity index is 1.63. The van der Waals surface area contributed by atoms with Crippen molar-refractivity contribution in [2.24, 2.45) is 10.2 Å². The van der Waals surface area contributed by atoms with E-state index in [2.05, 4.69) is 25.2 Å². The summed E-state index contributed by atoms with van der Waals surface area (Å²) >= 11 is 1.42. The Morgan fingerprint density at radius 1 is 1.21 bits per heavy atom. The molecule has 8 nitrogen and oxygen atoms in total. The second kappa shape index (κ2) is 6.93. The van der Waals surface area contributed by atoms with Gasteiger partial charge in [-0.2, -0.15) is 0 Å². The number of H-pyrrole nitrogens is 2. The summed E-state index contributed by atoms with van der Waals surface area (Å²) in [5.74, 6) is -0.485. The van der Waals surface area contributed by atoms with Crippen LogP contribution in [0.5, 0.6) is 5.88 Å². The van der Waals surface area contributed by atoms with E-state index in [1.54, 1.807) is 0 Å². The summed E-state index contributed by atoms with van der Waals surface area (Å²) in [5.41, 5.74) is 3.55. The molecule has 3 N–H and O–H groups in total. The minimum absolute atomic E-state index is 0.150. The number of nitrogens with zero attached hydrogens (tertiary/aromatic N) is 3. The Kier molecular flexibility index (Phi) is 4.54. The van der Waals surface area contributed by atoms with Gasteiger partial charge in [-0.05, 0) is 44.9 Å². The number of amides is 1. The van der Waals surface area contributed by atoms with Crippen LogP contribution in [0.4, 0.5) is 5.69 Å². The number of rotatable bonds is 3. The third-order valence-corrected chi connectivity index (χ3v) is 5.97. The fourth-order valence-corrected chi connectivity index (χ4v) is 4.44. The minimum Gasteiger partial charge on any atom is -0.493 e. The van der Waals surface area contributed by atoms with Gasteiger partial charge in [0.2, 0.25) is 5.88 Å². The summed E-state index contributed by atoms with van der Waals surface area (Å²) in [6.45, 7) is 7.66. The van der Waals surface area contributed by atoms with Crippen LogP contribution in [0.15, 0.2) is 27.2 Å². The molecule has 0 saturated heterocycles.